The summed E-state index contributed by atoms with van der Waals surface area (Å²) in [7, 11) is 1.96. The second-order valence-corrected chi connectivity index (χ2v) is 5.67. The van der Waals surface area contributed by atoms with E-state index < -0.39 is 0 Å². The fourth-order valence-corrected chi connectivity index (χ4v) is 2.69. The van der Waals surface area contributed by atoms with Gasteiger partial charge >= 0.3 is 0 Å². The van der Waals surface area contributed by atoms with Gasteiger partial charge in [0.2, 0.25) is 5.96 Å². The van der Waals surface area contributed by atoms with Crippen LogP contribution in [0.2, 0.25) is 0 Å². The topological polar surface area (TPSA) is 30.3 Å². The summed E-state index contributed by atoms with van der Waals surface area (Å²) in [5.41, 5.74) is 4.72. The van der Waals surface area contributed by atoms with Crippen LogP contribution < -0.4 is 9.80 Å². The normalized spacial score (nSPS) is 10.4. The molecule has 0 spiro atoms. The average molecular weight is 309 g/mol. The highest BCUT2D eigenvalue weighted by atomic mass is 15.3. The molecule has 0 fully saturated rings. The zero-order valence-corrected chi connectivity index (χ0v) is 14.6. The second-order valence-electron chi connectivity index (χ2n) is 5.67. The third kappa shape index (κ3) is 3.92. The van der Waals surface area contributed by atoms with E-state index in [2.05, 4.69) is 69.3 Å². The molecular weight excluding hydrogens is 282 g/mol. The summed E-state index contributed by atoms with van der Waals surface area (Å²) in [4.78, 5) is 3.99. The Kier molecular flexibility index (Phi) is 5.80. The molecule has 0 aliphatic carbocycles. The van der Waals surface area contributed by atoms with Crippen molar-refractivity contribution in [3.63, 3.8) is 0 Å². The predicted molar refractivity (Wildman–Crippen MR) is 101 cm³/mol. The van der Waals surface area contributed by atoms with E-state index in [4.69, 9.17) is 5.41 Å². The highest BCUT2D eigenvalue weighted by molar-refractivity contribution is 6.04. The van der Waals surface area contributed by atoms with Gasteiger partial charge in [0.15, 0.2) is 0 Å². The van der Waals surface area contributed by atoms with Crippen LogP contribution in [-0.4, -0.2) is 19.6 Å². The zero-order valence-electron chi connectivity index (χ0n) is 14.6. The van der Waals surface area contributed by atoms with Gasteiger partial charge in [-0.1, -0.05) is 38.1 Å². The quantitative estimate of drug-likeness (QED) is 0.640. The molecule has 0 aliphatic heterocycles. The van der Waals surface area contributed by atoms with Crippen molar-refractivity contribution in [1.82, 2.24) is 0 Å². The van der Waals surface area contributed by atoms with Crippen LogP contribution in [0.4, 0.5) is 11.4 Å². The lowest BCUT2D eigenvalue weighted by Gasteiger charge is -2.31. The van der Waals surface area contributed by atoms with Gasteiger partial charge in [0, 0.05) is 25.0 Å². The van der Waals surface area contributed by atoms with Crippen molar-refractivity contribution in [2.75, 3.05) is 23.4 Å². The molecule has 2 rings (SSSR count). The highest BCUT2D eigenvalue weighted by Crippen LogP contribution is 2.21. The summed E-state index contributed by atoms with van der Waals surface area (Å²) < 4.78 is 0. The average Bonchev–Trinajstić information content (AvgIpc) is 2.61. The van der Waals surface area contributed by atoms with Crippen molar-refractivity contribution in [3.8, 4) is 0 Å². The molecule has 0 saturated heterocycles. The number of guanidine groups is 1. The van der Waals surface area contributed by atoms with Crippen LogP contribution in [-0.2, 0) is 12.8 Å². The molecule has 0 aliphatic rings. The van der Waals surface area contributed by atoms with Gasteiger partial charge in [0.05, 0.1) is 0 Å². The monoisotopic (exact) mass is 309 g/mol. The predicted octanol–water partition coefficient (Wildman–Crippen LogP) is 4.71. The van der Waals surface area contributed by atoms with Gasteiger partial charge in [-0.25, -0.2) is 0 Å². The van der Waals surface area contributed by atoms with Gasteiger partial charge in [-0.15, -0.1) is 0 Å². The molecule has 0 aromatic heterocycles. The minimum absolute atomic E-state index is 0.494. The van der Waals surface area contributed by atoms with E-state index >= 15 is 0 Å². The smallest absolute Gasteiger partial charge is 0.202 e. The second kappa shape index (κ2) is 7.82. The SMILES string of the molecule is CCc1cccc(N(C)C(=N)N(CC)c2cccc(CC)c2)c1. The van der Waals surface area contributed by atoms with Gasteiger partial charge in [0.25, 0.3) is 0 Å². The number of nitrogens with one attached hydrogen (secondary N) is 1. The van der Waals surface area contributed by atoms with Crippen molar-refractivity contribution in [2.24, 2.45) is 0 Å². The number of rotatable bonds is 5. The number of hydrogen-bond acceptors (Lipinski definition) is 1. The Hall–Kier alpha value is -2.29. The first-order valence-corrected chi connectivity index (χ1v) is 8.38. The van der Waals surface area contributed by atoms with E-state index in [9.17, 15) is 0 Å². The molecule has 0 unspecified atom stereocenters. The Labute approximate surface area is 140 Å². The lowest BCUT2D eigenvalue weighted by molar-refractivity contribution is 0.999. The van der Waals surface area contributed by atoms with Crippen molar-refractivity contribution in [2.45, 2.75) is 33.6 Å². The van der Waals surface area contributed by atoms with E-state index in [0.717, 1.165) is 30.8 Å². The maximum Gasteiger partial charge on any atom is 0.202 e. The number of hydrogen-bond donors (Lipinski definition) is 1. The fourth-order valence-electron chi connectivity index (χ4n) is 2.69. The molecule has 0 amide bonds. The van der Waals surface area contributed by atoms with E-state index in [1.807, 2.05) is 16.8 Å². The molecule has 23 heavy (non-hydrogen) atoms. The maximum absolute atomic E-state index is 8.63. The lowest BCUT2D eigenvalue weighted by Crippen LogP contribution is -2.42. The van der Waals surface area contributed by atoms with Gasteiger partial charge in [-0.2, -0.15) is 0 Å². The van der Waals surface area contributed by atoms with Crippen molar-refractivity contribution in [3.05, 3.63) is 59.7 Å². The van der Waals surface area contributed by atoms with Gasteiger partial charge in [-0.3, -0.25) is 5.41 Å². The maximum atomic E-state index is 8.63. The van der Waals surface area contributed by atoms with Crippen LogP contribution >= 0.6 is 0 Å². The van der Waals surface area contributed by atoms with Gasteiger partial charge < -0.3 is 9.80 Å². The highest BCUT2D eigenvalue weighted by Gasteiger charge is 2.16. The molecule has 0 bridgehead atoms. The van der Waals surface area contributed by atoms with Crippen LogP contribution in [0.25, 0.3) is 0 Å². The largest absolute Gasteiger partial charge is 0.316 e. The number of benzene rings is 2. The Balaban J connectivity index is 2.27. The molecule has 0 atom stereocenters. The van der Waals surface area contributed by atoms with E-state index in [0.29, 0.717) is 5.96 Å². The summed E-state index contributed by atoms with van der Waals surface area (Å²) in [5, 5.41) is 8.63. The van der Waals surface area contributed by atoms with E-state index in [-0.39, 0.29) is 0 Å². The van der Waals surface area contributed by atoms with Crippen molar-refractivity contribution in [1.29, 1.82) is 5.41 Å². The zero-order chi connectivity index (χ0) is 16.8. The Bertz CT molecular complexity index is 663. The lowest BCUT2D eigenvalue weighted by atomic mass is 10.1. The van der Waals surface area contributed by atoms with Crippen LogP contribution in [0.1, 0.15) is 31.9 Å². The molecule has 1 N–H and O–H groups in total. The first-order valence-electron chi connectivity index (χ1n) is 8.38. The molecule has 2 aromatic carbocycles. The number of anilines is 2. The molecule has 0 saturated carbocycles. The van der Waals surface area contributed by atoms with Crippen LogP contribution in [0, 0.1) is 5.41 Å². The van der Waals surface area contributed by atoms with Gasteiger partial charge in [0.1, 0.15) is 0 Å². The first-order chi connectivity index (χ1) is 11.1. The van der Waals surface area contributed by atoms with Crippen molar-refractivity contribution < 1.29 is 0 Å². The Morgan fingerprint density at radius 1 is 0.870 bits per heavy atom. The molecular formula is C20H27N3. The third-order valence-corrected chi connectivity index (χ3v) is 4.23. The Morgan fingerprint density at radius 3 is 1.91 bits per heavy atom. The molecule has 0 heterocycles. The van der Waals surface area contributed by atoms with Crippen molar-refractivity contribution >= 4 is 17.3 Å². The minimum atomic E-state index is 0.494. The van der Waals surface area contributed by atoms with Crippen LogP contribution in [0.15, 0.2) is 48.5 Å². The standard InChI is InChI=1S/C20H27N3/c1-5-16-10-8-12-18(14-16)22(4)20(21)23(7-3)19-13-9-11-17(6-2)15-19/h8-15,21H,5-7H2,1-4H3. The molecule has 0 radical (unpaired) electrons. The van der Waals surface area contributed by atoms with Crippen LogP contribution in [0.3, 0.4) is 0 Å². The summed E-state index contributed by atoms with van der Waals surface area (Å²) >= 11 is 0. The summed E-state index contributed by atoms with van der Waals surface area (Å²) in [6.07, 6.45) is 2.01. The first kappa shape index (κ1) is 17.1. The molecule has 3 heteroatoms. The van der Waals surface area contributed by atoms with E-state index in [1.54, 1.807) is 0 Å². The Morgan fingerprint density at radius 2 is 1.39 bits per heavy atom. The molecule has 2 aromatic rings. The number of nitrogens with zero attached hydrogens (tertiary/aromatic N) is 2. The number of aryl methyl sites for hydroxylation is 2. The van der Waals surface area contributed by atoms with Gasteiger partial charge in [-0.05, 0) is 55.2 Å². The van der Waals surface area contributed by atoms with E-state index in [1.165, 1.54) is 11.1 Å². The summed E-state index contributed by atoms with van der Waals surface area (Å²) in [6.45, 7) is 7.16. The van der Waals surface area contributed by atoms with Crippen LogP contribution in [0.5, 0.6) is 0 Å². The third-order valence-electron chi connectivity index (χ3n) is 4.23. The summed E-state index contributed by atoms with van der Waals surface area (Å²) in [6, 6.07) is 16.9. The molecule has 3 nitrogen and oxygen atoms in total. The minimum Gasteiger partial charge on any atom is -0.316 e. The summed E-state index contributed by atoms with van der Waals surface area (Å²) in [5.74, 6) is 0.494. The fraction of sp³-hybridized carbons (Fsp3) is 0.350. The molecule has 122 valence electrons.